The standard InChI is InChI=1S/C7H16OSi/c1-6-7(2)9(4,5)8-3/h6H,1-5H3. The molecule has 0 amide bonds. The van der Waals surface area contributed by atoms with E-state index in [4.69, 9.17) is 4.43 Å². The normalized spacial score (nSPS) is 14.1. The Morgan fingerprint density at radius 2 is 1.89 bits per heavy atom. The van der Waals surface area contributed by atoms with Gasteiger partial charge in [0.1, 0.15) is 0 Å². The van der Waals surface area contributed by atoms with Crippen molar-refractivity contribution in [1.82, 2.24) is 0 Å². The Hall–Kier alpha value is -0.0831. The van der Waals surface area contributed by atoms with Gasteiger partial charge in [0.15, 0.2) is 0 Å². The first-order valence-corrected chi connectivity index (χ1v) is 6.14. The van der Waals surface area contributed by atoms with Crippen molar-refractivity contribution in [2.24, 2.45) is 0 Å². The molecule has 0 aliphatic carbocycles. The van der Waals surface area contributed by atoms with E-state index in [1.807, 2.05) is 0 Å². The Bertz CT molecular complexity index is 116. The Morgan fingerprint density at radius 1 is 1.44 bits per heavy atom. The maximum absolute atomic E-state index is 5.36. The zero-order valence-electron chi connectivity index (χ0n) is 6.99. The summed E-state index contributed by atoms with van der Waals surface area (Å²) in [5.41, 5.74) is 0. The molecule has 0 aliphatic rings. The fraction of sp³-hybridized carbons (Fsp3) is 0.714. The van der Waals surface area contributed by atoms with Gasteiger partial charge in [-0.1, -0.05) is 11.3 Å². The molecule has 0 unspecified atom stereocenters. The maximum Gasteiger partial charge on any atom is 0.213 e. The highest BCUT2D eigenvalue weighted by Gasteiger charge is 2.21. The predicted octanol–water partition coefficient (Wildman–Crippen LogP) is 2.34. The number of allylic oxidation sites excluding steroid dienone is 2. The molecule has 0 spiro atoms. The third-order valence-corrected chi connectivity index (χ3v) is 5.10. The summed E-state index contributed by atoms with van der Waals surface area (Å²) in [6, 6.07) is 0. The Kier molecular flexibility index (Phi) is 3.15. The molecule has 0 saturated carbocycles. The van der Waals surface area contributed by atoms with Gasteiger partial charge >= 0.3 is 0 Å². The van der Waals surface area contributed by atoms with Gasteiger partial charge < -0.3 is 4.43 Å². The highest BCUT2D eigenvalue weighted by Crippen LogP contribution is 2.13. The molecule has 0 saturated heterocycles. The smallest absolute Gasteiger partial charge is 0.213 e. The molecule has 0 fully saturated rings. The van der Waals surface area contributed by atoms with E-state index in [1.54, 1.807) is 7.11 Å². The minimum Gasteiger partial charge on any atom is -0.416 e. The summed E-state index contributed by atoms with van der Waals surface area (Å²) in [6.45, 7) is 8.59. The first-order chi connectivity index (χ1) is 4.04. The SMILES string of the molecule is CC=C(C)[Si](C)(C)OC. The average molecular weight is 144 g/mol. The summed E-state index contributed by atoms with van der Waals surface area (Å²) in [5.74, 6) is 0. The second-order valence-corrected chi connectivity index (χ2v) is 6.90. The van der Waals surface area contributed by atoms with E-state index in [1.165, 1.54) is 5.20 Å². The zero-order chi connectivity index (χ0) is 7.49. The van der Waals surface area contributed by atoms with Crippen LogP contribution in [-0.4, -0.2) is 15.4 Å². The monoisotopic (exact) mass is 144 g/mol. The molecular formula is C7H16OSi. The lowest BCUT2D eigenvalue weighted by molar-refractivity contribution is 0.412. The summed E-state index contributed by atoms with van der Waals surface area (Å²) in [4.78, 5) is 0. The van der Waals surface area contributed by atoms with E-state index in [0.717, 1.165) is 0 Å². The molecule has 0 aromatic rings. The van der Waals surface area contributed by atoms with E-state index < -0.39 is 8.32 Å². The molecular weight excluding hydrogens is 128 g/mol. The van der Waals surface area contributed by atoms with Crippen molar-refractivity contribution in [1.29, 1.82) is 0 Å². The summed E-state index contributed by atoms with van der Waals surface area (Å²) in [7, 11) is 0.371. The van der Waals surface area contributed by atoms with Gasteiger partial charge in [0.25, 0.3) is 0 Å². The van der Waals surface area contributed by atoms with E-state index in [2.05, 4.69) is 33.0 Å². The Balaban J connectivity index is 4.14. The molecule has 9 heavy (non-hydrogen) atoms. The molecule has 0 atom stereocenters. The van der Waals surface area contributed by atoms with Crippen LogP contribution < -0.4 is 0 Å². The van der Waals surface area contributed by atoms with Crippen molar-refractivity contribution in [3.63, 3.8) is 0 Å². The first kappa shape index (κ1) is 8.92. The Labute approximate surface area is 58.9 Å². The minimum atomic E-state index is -1.42. The lowest BCUT2D eigenvalue weighted by Gasteiger charge is -2.20. The largest absolute Gasteiger partial charge is 0.416 e. The van der Waals surface area contributed by atoms with Gasteiger partial charge in [-0.15, -0.1) is 0 Å². The van der Waals surface area contributed by atoms with Gasteiger partial charge in [0.2, 0.25) is 8.32 Å². The average Bonchev–Trinajstić information content (AvgIpc) is 1.86. The molecule has 0 N–H and O–H groups in total. The van der Waals surface area contributed by atoms with E-state index in [9.17, 15) is 0 Å². The molecule has 0 aromatic carbocycles. The molecule has 54 valence electrons. The summed E-state index contributed by atoms with van der Waals surface area (Å²) < 4.78 is 5.36. The Morgan fingerprint density at radius 3 is 2.00 bits per heavy atom. The minimum absolute atomic E-state index is 1.41. The van der Waals surface area contributed by atoms with Gasteiger partial charge in [-0.3, -0.25) is 0 Å². The van der Waals surface area contributed by atoms with Crippen LogP contribution in [0.2, 0.25) is 13.1 Å². The number of rotatable bonds is 2. The topological polar surface area (TPSA) is 9.23 Å². The lowest BCUT2D eigenvalue weighted by atomic mass is 10.6. The van der Waals surface area contributed by atoms with Crippen molar-refractivity contribution >= 4 is 8.32 Å². The predicted molar refractivity (Wildman–Crippen MR) is 43.9 cm³/mol. The van der Waals surface area contributed by atoms with Gasteiger partial charge in [-0.2, -0.15) is 0 Å². The van der Waals surface area contributed by atoms with Gasteiger partial charge in [0.05, 0.1) is 0 Å². The summed E-state index contributed by atoms with van der Waals surface area (Å²) >= 11 is 0. The highest BCUT2D eigenvalue weighted by molar-refractivity contribution is 6.78. The van der Waals surface area contributed by atoms with Crippen molar-refractivity contribution in [2.75, 3.05) is 7.11 Å². The molecule has 0 bridgehead atoms. The zero-order valence-corrected chi connectivity index (χ0v) is 7.99. The van der Waals surface area contributed by atoms with Crippen molar-refractivity contribution in [3.05, 3.63) is 11.3 Å². The van der Waals surface area contributed by atoms with Gasteiger partial charge in [-0.25, -0.2) is 0 Å². The fourth-order valence-electron chi connectivity index (χ4n) is 0.509. The van der Waals surface area contributed by atoms with Gasteiger partial charge in [-0.05, 0) is 26.9 Å². The van der Waals surface area contributed by atoms with Crippen LogP contribution >= 0.6 is 0 Å². The van der Waals surface area contributed by atoms with Crippen LogP contribution in [0.1, 0.15) is 13.8 Å². The van der Waals surface area contributed by atoms with Crippen LogP contribution in [0.3, 0.4) is 0 Å². The highest BCUT2D eigenvalue weighted by atomic mass is 28.4. The summed E-state index contributed by atoms with van der Waals surface area (Å²) in [5, 5.41) is 1.41. The molecule has 0 rings (SSSR count). The lowest BCUT2D eigenvalue weighted by Crippen LogP contribution is -2.30. The van der Waals surface area contributed by atoms with E-state index in [-0.39, 0.29) is 0 Å². The van der Waals surface area contributed by atoms with Crippen LogP contribution in [0.4, 0.5) is 0 Å². The third-order valence-electron chi connectivity index (χ3n) is 1.89. The fourth-order valence-corrected chi connectivity index (χ4v) is 1.53. The number of hydrogen-bond acceptors (Lipinski definition) is 1. The van der Waals surface area contributed by atoms with Crippen LogP contribution in [0.25, 0.3) is 0 Å². The van der Waals surface area contributed by atoms with Crippen molar-refractivity contribution < 1.29 is 4.43 Å². The second-order valence-electron chi connectivity index (χ2n) is 2.69. The molecule has 0 aromatic heterocycles. The van der Waals surface area contributed by atoms with E-state index in [0.29, 0.717) is 0 Å². The van der Waals surface area contributed by atoms with Crippen LogP contribution in [0.15, 0.2) is 11.3 Å². The van der Waals surface area contributed by atoms with E-state index >= 15 is 0 Å². The molecule has 0 radical (unpaired) electrons. The van der Waals surface area contributed by atoms with Crippen LogP contribution in [-0.2, 0) is 4.43 Å². The van der Waals surface area contributed by atoms with Crippen LogP contribution in [0, 0.1) is 0 Å². The molecule has 0 aliphatic heterocycles. The number of hydrogen-bond donors (Lipinski definition) is 0. The molecule has 1 nitrogen and oxygen atoms in total. The quantitative estimate of drug-likeness (QED) is 0.541. The van der Waals surface area contributed by atoms with Crippen molar-refractivity contribution in [3.8, 4) is 0 Å². The van der Waals surface area contributed by atoms with Crippen molar-refractivity contribution in [2.45, 2.75) is 26.9 Å². The van der Waals surface area contributed by atoms with Crippen LogP contribution in [0.5, 0.6) is 0 Å². The maximum atomic E-state index is 5.36. The summed E-state index contributed by atoms with van der Waals surface area (Å²) in [6.07, 6.45) is 2.13. The molecule has 0 heterocycles. The first-order valence-electron chi connectivity index (χ1n) is 3.23. The van der Waals surface area contributed by atoms with Gasteiger partial charge in [0, 0.05) is 7.11 Å². The third kappa shape index (κ3) is 2.33. The second kappa shape index (κ2) is 3.18. The molecule has 2 heteroatoms.